The predicted molar refractivity (Wildman–Crippen MR) is 76.0 cm³/mol. The summed E-state index contributed by atoms with van der Waals surface area (Å²) in [5.41, 5.74) is 8.81. The summed E-state index contributed by atoms with van der Waals surface area (Å²) in [6.07, 6.45) is 0.876. The monoisotopic (exact) mass is 276 g/mol. The molecule has 0 spiro atoms. The standard InChI is InChI=1S/C14H16N2O2S/c1-9-6-13-14(18-5-4-17-13)8-11(9)12-7-10(2-3-15)19-16-12/h6-8H,2-5,15H2,1H3. The van der Waals surface area contributed by atoms with Crippen molar-refractivity contribution in [3.05, 3.63) is 28.6 Å². The summed E-state index contributed by atoms with van der Waals surface area (Å²) in [5.74, 6) is 1.63. The van der Waals surface area contributed by atoms with Crippen LogP contribution in [0.5, 0.6) is 11.5 Å². The van der Waals surface area contributed by atoms with Crippen molar-refractivity contribution in [3.8, 4) is 22.8 Å². The molecule has 0 amide bonds. The Hall–Kier alpha value is -1.59. The molecule has 0 unspecified atom stereocenters. The lowest BCUT2D eigenvalue weighted by Gasteiger charge is -2.19. The topological polar surface area (TPSA) is 57.4 Å². The van der Waals surface area contributed by atoms with E-state index < -0.39 is 0 Å². The maximum atomic E-state index is 5.63. The van der Waals surface area contributed by atoms with Crippen molar-refractivity contribution in [1.29, 1.82) is 0 Å². The number of fused-ring (bicyclic) bond motifs is 1. The van der Waals surface area contributed by atoms with Crippen LogP contribution in [0.2, 0.25) is 0 Å². The molecule has 0 aliphatic carbocycles. The van der Waals surface area contributed by atoms with E-state index in [2.05, 4.69) is 17.4 Å². The lowest BCUT2D eigenvalue weighted by atomic mass is 10.0. The van der Waals surface area contributed by atoms with Crippen LogP contribution < -0.4 is 15.2 Å². The zero-order valence-electron chi connectivity index (χ0n) is 10.8. The van der Waals surface area contributed by atoms with Gasteiger partial charge in [0, 0.05) is 10.4 Å². The first kappa shape index (κ1) is 12.4. The molecule has 2 heterocycles. The molecule has 2 aromatic rings. The molecule has 1 aromatic heterocycles. The first-order valence-corrected chi connectivity index (χ1v) is 7.11. The van der Waals surface area contributed by atoms with Crippen LogP contribution in [-0.4, -0.2) is 24.1 Å². The summed E-state index contributed by atoms with van der Waals surface area (Å²) in [6, 6.07) is 6.15. The van der Waals surface area contributed by atoms with E-state index in [9.17, 15) is 0 Å². The van der Waals surface area contributed by atoms with Gasteiger partial charge in [-0.3, -0.25) is 0 Å². The molecule has 0 saturated heterocycles. The summed E-state index contributed by atoms with van der Waals surface area (Å²) in [7, 11) is 0. The fourth-order valence-corrected chi connectivity index (χ4v) is 2.91. The second-order valence-electron chi connectivity index (χ2n) is 4.53. The van der Waals surface area contributed by atoms with E-state index in [1.54, 1.807) is 0 Å². The van der Waals surface area contributed by atoms with Crippen LogP contribution >= 0.6 is 11.5 Å². The van der Waals surface area contributed by atoms with Gasteiger partial charge in [0.25, 0.3) is 0 Å². The number of aryl methyl sites for hydroxylation is 1. The Balaban J connectivity index is 1.99. The molecular weight excluding hydrogens is 260 g/mol. The molecule has 2 N–H and O–H groups in total. The molecule has 0 atom stereocenters. The van der Waals surface area contributed by atoms with Crippen molar-refractivity contribution in [2.24, 2.45) is 5.73 Å². The first-order valence-electron chi connectivity index (χ1n) is 6.34. The van der Waals surface area contributed by atoms with Crippen LogP contribution in [0, 0.1) is 6.92 Å². The van der Waals surface area contributed by atoms with Crippen LogP contribution in [-0.2, 0) is 6.42 Å². The second-order valence-corrected chi connectivity index (χ2v) is 5.42. The van der Waals surface area contributed by atoms with E-state index in [1.807, 2.05) is 12.1 Å². The van der Waals surface area contributed by atoms with Crippen LogP contribution in [0.25, 0.3) is 11.3 Å². The zero-order chi connectivity index (χ0) is 13.2. The van der Waals surface area contributed by atoms with Crippen LogP contribution in [0.4, 0.5) is 0 Å². The molecule has 100 valence electrons. The molecular formula is C14H16N2O2S. The molecule has 0 saturated carbocycles. The Morgan fingerprint density at radius 2 is 1.95 bits per heavy atom. The Kier molecular flexibility index (Phi) is 3.40. The fourth-order valence-electron chi connectivity index (χ4n) is 2.17. The summed E-state index contributed by atoms with van der Waals surface area (Å²) < 4.78 is 15.7. The molecule has 1 aromatic carbocycles. The van der Waals surface area contributed by atoms with Gasteiger partial charge in [0.05, 0.1) is 5.69 Å². The summed E-state index contributed by atoms with van der Waals surface area (Å²) in [6.45, 7) is 3.94. The highest BCUT2D eigenvalue weighted by Gasteiger charge is 2.16. The number of hydrogen-bond donors (Lipinski definition) is 1. The Labute approximate surface area is 116 Å². The maximum absolute atomic E-state index is 5.63. The van der Waals surface area contributed by atoms with Crippen molar-refractivity contribution in [2.75, 3.05) is 19.8 Å². The minimum Gasteiger partial charge on any atom is -0.486 e. The third kappa shape index (κ3) is 2.43. The highest BCUT2D eigenvalue weighted by Crippen LogP contribution is 2.37. The molecule has 1 aliphatic rings. The second kappa shape index (κ2) is 5.19. The summed E-state index contributed by atoms with van der Waals surface area (Å²) >= 11 is 1.51. The van der Waals surface area contributed by atoms with Crippen LogP contribution in [0.15, 0.2) is 18.2 Å². The van der Waals surface area contributed by atoms with E-state index in [-0.39, 0.29) is 0 Å². The largest absolute Gasteiger partial charge is 0.486 e. The number of hydrogen-bond acceptors (Lipinski definition) is 5. The van der Waals surface area contributed by atoms with Gasteiger partial charge in [0.1, 0.15) is 13.2 Å². The number of rotatable bonds is 3. The van der Waals surface area contributed by atoms with E-state index in [1.165, 1.54) is 16.4 Å². The van der Waals surface area contributed by atoms with Gasteiger partial charge in [-0.05, 0) is 55.2 Å². The predicted octanol–water partition coefficient (Wildman–Crippen LogP) is 2.39. The van der Waals surface area contributed by atoms with Gasteiger partial charge in [0.15, 0.2) is 11.5 Å². The van der Waals surface area contributed by atoms with Crippen molar-refractivity contribution in [1.82, 2.24) is 4.37 Å². The lowest BCUT2D eigenvalue weighted by Crippen LogP contribution is -2.15. The van der Waals surface area contributed by atoms with Gasteiger partial charge < -0.3 is 15.2 Å². The number of benzene rings is 1. The molecule has 0 radical (unpaired) electrons. The number of nitrogens with two attached hydrogens (primary N) is 1. The summed E-state index contributed by atoms with van der Waals surface area (Å²) in [5, 5.41) is 0. The third-order valence-corrected chi connectivity index (χ3v) is 3.96. The van der Waals surface area contributed by atoms with Crippen molar-refractivity contribution >= 4 is 11.5 Å². The van der Waals surface area contributed by atoms with Crippen LogP contribution in [0.3, 0.4) is 0 Å². The van der Waals surface area contributed by atoms with Gasteiger partial charge in [0.2, 0.25) is 0 Å². The van der Waals surface area contributed by atoms with Crippen molar-refractivity contribution in [2.45, 2.75) is 13.3 Å². The first-order chi connectivity index (χ1) is 9.28. The summed E-state index contributed by atoms with van der Waals surface area (Å²) in [4.78, 5) is 1.21. The van der Waals surface area contributed by atoms with Gasteiger partial charge in [-0.1, -0.05) is 0 Å². The van der Waals surface area contributed by atoms with Gasteiger partial charge >= 0.3 is 0 Å². The fraction of sp³-hybridized carbons (Fsp3) is 0.357. The minimum absolute atomic E-state index is 0.602. The molecule has 4 nitrogen and oxygen atoms in total. The average molecular weight is 276 g/mol. The number of ether oxygens (including phenoxy) is 2. The average Bonchev–Trinajstić information content (AvgIpc) is 2.87. The SMILES string of the molecule is Cc1cc2c(cc1-c1cc(CCN)sn1)OCCO2. The highest BCUT2D eigenvalue weighted by molar-refractivity contribution is 7.06. The third-order valence-electron chi connectivity index (χ3n) is 3.11. The molecule has 1 aliphatic heterocycles. The maximum Gasteiger partial charge on any atom is 0.162 e. The van der Waals surface area contributed by atoms with Gasteiger partial charge in [-0.25, -0.2) is 0 Å². The van der Waals surface area contributed by atoms with E-state index in [4.69, 9.17) is 15.2 Å². The van der Waals surface area contributed by atoms with E-state index in [0.29, 0.717) is 19.8 Å². The molecule has 19 heavy (non-hydrogen) atoms. The zero-order valence-corrected chi connectivity index (χ0v) is 11.6. The Morgan fingerprint density at radius 1 is 1.21 bits per heavy atom. The molecule has 0 bridgehead atoms. The van der Waals surface area contributed by atoms with Gasteiger partial charge in [-0.15, -0.1) is 0 Å². The lowest BCUT2D eigenvalue weighted by molar-refractivity contribution is 0.171. The minimum atomic E-state index is 0.602. The Morgan fingerprint density at radius 3 is 2.68 bits per heavy atom. The number of aromatic nitrogens is 1. The molecule has 3 rings (SSSR count). The normalized spacial score (nSPS) is 13.6. The van der Waals surface area contributed by atoms with Gasteiger partial charge in [-0.2, -0.15) is 4.37 Å². The van der Waals surface area contributed by atoms with E-state index >= 15 is 0 Å². The van der Waals surface area contributed by atoms with Crippen molar-refractivity contribution < 1.29 is 9.47 Å². The highest BCUT2D eigenvalue weighted by atomic mass is 32.1. The number of nitrogens with zero attached hydrogens (tertiary/aromatic N) is 1. The quantitative estimate of drug-likeness (QED) is 0.935. The van der Waals surface area contributed by atoms with E-state index in [0.717, 1.165) is 34.7 Å². The molecule has 5 heteroatoms. The Bertz CT molecular complexity index is 595. The van der Waals surface area contributed by atoms with Crippen LogP contribution in [0.1, 0.15) is 10.4 Å². The smallest absolute Gasteiger partial charge is 0.162 e. The van der Waals surface area contributed by atoms with Crippen molar-refractivity contribution in [3.63, 3.8) is 0 Å². The molecule has 0 fully saturated rings.